The van der Waals surface area contributed by atoms with Crippen LogP contribution in [0.4, 0.5) is 0 Å². The first-order chi connectivity index (χ1) is 8.88. The highest BCUT2D eigenvalue weighted by molar-refractivity contribution is 5.54. The number of aromatic nitrogens is 3. The van der Waals surface area contributed by atoms with Gasteiger partial charge in [0.15, 0.2) is 5.82 Å². The molecule has 0 aliphatic carbocycles. The van der Waals surface area contributed by atoms with Gasteiger partial charge in [-0.1, -0.05) is 6.92 Å². The lowest BCUT2D eigenvalue weighted by atomic mass is 10.0. The van der Waals surface area contributed by atoms with Crippen molar-refractivity contribution in [3.05, 3.63) is 41.5 Å². The van der Waals surface area contributed by atoms with Gasteiger partial charge in [-0.05, 0) is 37.1 Å². The van der Waals surface area contributed by atoms with Gasteiger partial charge in [-0.15, -0.1) is 0 Å². The highest BCUT2D eigenvalue weighted by Crippen LogP contribution is 2.21. The van der Waals surface area contributed by atoms with Crippen LogP contribution in [-0.4, -0.2) is 21.5 Å². The Balaban J connectivity index is 2.12. The van der Waals surface area contributed by atoms with E-state index < -0.39 is 0 Å². The van der Waals surface area contributed by atoms with Crippen molar-refractivity contribution >= 4 is 0 Å². The quantitative estimate of drug-likeness (QED) is 0.868. The summed E-state index contributed by atoms with van der Waals surface area (Å²) in [5, 5.41) is 3.37. The Labute approximate surface area is 107 Å². The molecule has 0 saturated carbocycles. The van der Waals surface area contributed by atoms with Crippen molar-refractivity contribution in [2.45, 2.75) is 26.3 Å². The van der Waals surface area contributed by atoms with Crippen LogP contribution in [0.1, 0.15) is 23.9 Å². The number of rotatable bonds is 2. The van der Waals surface area contributed by atoms with E-state index in [0.717, 1.165) is 43.0 Å². The summed E-state index contributed by atoms with van der Waals surface area (Å²) in [4.78, 5) is 13.5. The second kappa shape index (κ2) is 4.82. The summed E-state index contributed by atoms with van der Waals surface area (Å²) >= 11 is 0. The molecule has 0 spiro atoms. The van der Waals surface area contributed by atoms with E-state index in [4.69, 9.17) is 4.98 Å². The van der Waals surface area contributed by atoms with Crippen LogP contribution in [0, 0.1) is 0 Å². The van der Waals surface area contributed by atoms with Gasteiger partial charge < -0.3 is 5.32 Å². The predicted molar refractivity (Wildman–Crippen MR) is 70.1 cm³/mol. The van der Waals surface area contributed by atoms with Gasteiger partial charge in [0.25, 0.3) is 0 Å². The SMILES string of the molecule is CCc1nc(-c2cccnc2)nc2c1CCNC2. The molecule has 0 amide bonds. The normalized spacial score (nSPS) is 14.3. The summed E-state index contributed by atoms with van der Waals surface area (Å²) in [7, 11) is 0. The molecule has 4 nitrogen and oxygen atoms in total. The number of hydrogen-bond acceptors (Lipinski definition) is 4. The first kappa shape index (κ1) is 11.3. The third-order valence-corrected chi connectivity index (χ3v) is 3.28. The lowest BCUT2D eigenvalue weighted by Crippen LogP contribution is -2.26. The van der Waals surface area contributed by atoms with Crippen molar-refractivity contribution in [2.24, 2.45) is 0 Å². The minimum atomic E-state index is 0.794. The van der Waals surface area contributed by atoms with Crippen LogP contribution < -0.4 is 5.32 Å². The van der Waals surface area contributed by atoms with Gasteiger partial charge in [-0.25, -0.2) is 9.97 Å². The van der Waals surface area contributed by atoms with Crippen LogP contribution in [0.3, 0.4) is 0 Å². The monoisotopic (exact) mass is 240 g/mol. The highest BCUT2D eigenvalue weighted by atomic mass is 15.0. The van der Waals surface area contributed by atoms with Crippen LogP contribution >= 0.6 is 0 Å². The van der Waals surface area contributed by atoms with Crippen molar-refractivity contribution in [2.75, 3.05) is 6.54 Å². The number of pyridine rings is 1. The molecule has 0 unspecified atom stereocenters. The van der Waals surface area contributed by atoms with Crippen LogP contribution in [0.2, 0.25) is 0 Å². The Morgan fingerprint density at radius 1 is 1.33 bits per heavy atom. The second-order valence-corrected chi connectivity index (χ2v) is 4.44. The van der Waals surface area contributed by atoms with E-state index in [-0.39, 0.29) is 0 Å². The molecule has 92 valence electrons. The molecule has 3 heterocycles. The van der Waals surface area contributed by atoms with Gasteiger partial charge in [-0.3, -0.25) is 4.98 Å². The van der Waals surface area contributed by atoms with Gasteiger partial charge in [-0.2, -0.15) is 0 Å². The molecule has 18 heavy (non-hydrogen) atoms. The summed E-state index contributed by atoms with van der Waals surface area (Å²) in [6, 6.07) is 3.92. The van der Waals surface area contributed by atoms with E-state index in [2.05, 4.69) is 22.2 Å². The molecule has 3 rings (SSSR count). The third-order valence-electron chi connectivity index (χ3n) is 3.28. The molecule has 0 aromatic carbocycles. The fourth-order valence-corrected chi connectivity index (χ4v) is 2.35. The second-order valence-electron chi connectivity index (χ2n) is 4.44. The first-order valence-corrected chi connectivity index (χ1v) is 6.38. The van der Waals surface area contributed by atoms with Crippen molar-refractivity contribution in [3.8, 4) is 11.4 Å². The van der Waals surface area contributed by atoms with E-state index in [1.54, 1.807) is 6.20 Å². The highest BCUT2D eigenvalue weighted by Gasteiger charge is 2.16. The molecular weight excluding hydrogens is 224 g/mol. The summed E-state index contributed by atoms with van der Waals surface area (Å²) < 4.78 is 0. The lowest BCUT2D eigenvalue weighted by Gasteiger charge is -2.19. The van der Waals surface area contributed by atoms with E-state index in [1.165, 1.54) is 11.3 Å². The standard InChI is InChI=1S/C14H16N4/c1-2-12-11-5-7-16-9-13(11)18-14(17-12)10-4-3-6-15-8-10/h3-4,6,8,16H,2,5,7,9H2,1H3. The Morgan fingerprint density at radius 3 is 3.06 bits per heavy atom. The Kier molecular flexibility index (Phi) is 3.02. The van der Waals surface area contributed by atoms with Crippen molar-refractivity contribution in [1.29, 1.82) is 0 Å². The maximum atomic E-state index is 4.70. The molecular formula is C14H16N4. The zero-order valence-electron chi connectivity index (χ0n) is 10.5. The fraction of sp³-hybridized carbons (Fsp3) is 0.357. The number of nitrogens with zero attached hydrogens (tertiary/aromatic N) is 3. The van der Waals surface area contributed by atoms with Crippen LogP contribution in [0.5, 0.6) is 0 Å². The molecule has 0 atom stereocenters. The maximum absolute atomic E-state index is 4.70. The van der Waals surface area contributed by atoms with Crippen LogP contribution in [-0.2, 0) is 19.4 Å². The van der Waals surface area contributed by atoms with Gasteiger partial charge >= 0.3 is 0 Å². The van der Waals surface area contributed by atoms with Crippen molar-refractivity contribution < 1.29 is 0 Å². The number of nitrogens with one attached hydrogen (secondary N) is 1. The Hall–Kier alpha value is -1.81. The van der Waals surface area contributed by atoms with Gasteiger partial charge in [0.05, 0.1) is 5.69 Å². The minimum absolute atomic E-state index is 0.794. The molecule has 1 aliphatic heterocycles. The van der Waals surface area contributed by atoms with Crippen LogP contribution in [0.15, 0.2) is 24.5 Å². The smallest absolute Gasteiger partial charge is 0.161 e. The summed E-state index contributed by atoms with van der Waals surface area (Å²) in [5.41, 5.74) is 4.65. The molecule has 0 bridgehead atoms. The van der Waals surface area contributed by atoms with Crippen molar-refractivity contribution in [3.63, 3.8) is 0 Å². The van der Waals surface area contributed by atoms with Gasteiger partial charge in [0.2, 0.25) is 0 Å². The summed E-state index contributed by atoms with van der Waals surface area (Å²) in [6.45, 7) is 4.02. The Bertz CT molecular complexity index is 534. The largest absolute Gasteiger partial charge is 0.311 e. The average Bonchev–Trinajstić information content (AvgIpc) is 2.47. The molecule has 0 saturated heterocycles. The minimum Gasteiger partial charge on any atom is -0.311 e. The van der Waals surface area contributed by atoms with E-state index >= 15 is 0 Å². The topological polar surface area (TPSA) is 50.7 Å². The zero-order chi connectivity index (χ0) is 12.4. The molecule has 1 aliphatic rings. The van der Waals surface area contributed by atoms with Gasteiger partial charge in [0, 0.05) is 30.2 Å². The fourth-order valence-electron chi connectivity index (χ4n) is 2.35. The van der Waals surface area contributed by atoms with E-state index in [0.29, 0.717) is 0 Å². The lowest BCUT2D eigenvalue weighted by molar-refractivity contribution is 0.617. The summed E-state index contributed by atoms with van der Waals surface area (Å²) in [6.07, 6.45) is 5.57. The average molecular weight is 240 g/mol. The predicted octanol–water partition coefficient (Wildman–Crippen LogP) is 1.75. The maximum Gasteiger partial charge on any atom is 0.161 e. The number of aryl methyl sites for hydroxylation is 1. The third kappa shape index (κ3) is 1.99. The molecule has 2 aromatic heterocycles. The summed E-state index contributed by atoms with van der Waals surface area (Å²) in [5.74, 6) is 0.794. The van der Waals surface area contributed by atoms with Crippen LogP contribution in [0.25, 0.3) is 11.4 Å². The molecule has 4 heteroatoms. The van der Waals surface area contributed by atoms with Crippen molar-refractivity contribution in [1.82, 2.24) is 20.3 Å². The van der Waals surface area contributed by atoms with E-state index in [9.17, 15) is 0 Å². The van der Waals surface area contributed by atoms with E-state index in [1.807, 2.05) is 18.3 Å². The number of hydrogen-bond donors (Lipinski definition) is 1. The Morgan fingerprint density at radius 2 is 2.28 bits per heavy atom. The molecule has 2 aromatic rings. The molecule has 1 N–H and O–H groups in total. The number of fused-ring (bicyclic) bond motifs is 1. The van der Waals surface area contributed by atoms with Gasteiger partial charge in [0.1, 0.15) is 0 Å². The molecule has 0 fully saturated rings. The zero-order valence-corrected chi connectivity index (χ0v) is 10.5. The molecule has 0 radical (unpaired) electrons. The first-order valence-electron chi connectivity index (χ1n) is 6.38.